The standard InChI is InChI=1S/C53H35NS/c1-3-16-36(17-4-1)37-30-33-40(34-31-37)54(48-28-14-11-21-41(48)38-18-5-2-6-19-38)49-29-15-27-47-52(49)55-50-35-32-39-20-7-8-22-42(39)51(50)53(47)45-25-12-9-23-43(45)44-24-10-13-26-46(44)53/h1-35H. The van der Waals surface area contributed by atoms with Gasteiger partial charge in [-0.1, -0.05) is 194 Å². The number of benzene rings is 9. The van der Waals surface area contributed by atoms with Crippen LogP contribution in [-0.2, 0) is 5.41 Å². The van der Waals surface area contributed by atoms with Gasteiger partial charge in [0.2, 0.25) is 0 Å². The van der Waals surface area contributed by atoms with E-state index in [4.69, 9.17) is 0 Å². The van der Waals surface area contributed by atoms with E-state index in [1.54, 1.807) is 0 Å². The van der Waals surface area contributed by atoms with E-state index in [9.17, 15) is 0 Å². The van der Waals surface area contributed by atoms with E-state index in [2.05, 4.69) is 217 Å². The normalized spacial score (nSPS) is 13.2. The van der Waals surface area contributed by atoms with Crippen LogP contribution in [0.4, 0.5) is 17.1 Å². The number of fused-ring (bicyclic) bond motifs is 11. The molecule has 0 bridgehead atoms. The molecule has 258 valence electrons. The molecule has 0 radical (unpaired) electrons. The van der Waals surface area contributed by atoms with Gasteiger partial charge in [0.1, 0.15) is 0 Å². The highest BCUT2D eigenvalue weighted by molar-refractivity contribution is 7.99. The first-order valence-electron chi connectivity index (χ1n) is 18.9. The summed E-state index contributed by atoms with van der Waals surface area (Å²) in [5.41, 5.74) is 15.7. The molecule has 0 amide bonds. The van der Waals surface area contributed by atoms with E-state index in [0.717, 1.165) is 11.4 Å². The SMILES string of the molecule is c1ccc(-c2ccc(N(c3ccccc3-c3ccccc3)c3cccc4c3Sc3ccc5ccccc5c3C43c4ccccc4-c4ccccc43)cc2)cc1. The van der Waals surface area contributed by atoms with Crippen LogP contribution in [0.25, 0.3) is 44.2 Å². The Morgan fingerprint density at radius 1 is 0.364 bits per heavy atom. The van der Waals surface area contributed by atoms with Crippen LogP contribution in [0.15, 0.2) is 222 Å². The lowest BCUT2D eigenvalue weighted by atomic mass is 9.66. The van der Waals surface area contributed by atoms with Gasteiger partial charge in [0.05, 0.1) is 16.8 Å². The molecule has 0 N–H and O–H groups in total. The van der Waals surface area contributed by atoms with Gasteiger partial charge in [-0.3, -0.25) is 0 Å². The van der Waals surface area contributed by atoms with Gasteiger partial charge >= 0.3 is 0 Å². The molecule has 1 spiro atoms. The maximum Gasteiger partial charge on any atom is 0.0742 e. The summed E-state index contributed by atoms with van der Waals surface area (Å²) in [6, 6.07) is 78.2. The van der Waals surface area contributed by atoms with Gasteiger partial charge in [0, 0.05) is 21.0 Å². The van der Waals surface area contributed by atoms with Gasteiger partial charge < -0.3 is 4.90 Å². The fourth-order valence-electron chi connectivity index (χ4n) is 9.24. The molecular formula is C53H35NS. The molecule has 2 heteroatoms. The van der Waals surface area contributed by atoms with Crippen molar-refractivity contribution in [2.45, 2.75) is 15.2 Å². The molecule has 2 aliphatic rings. The lowest BCUT2D eigenvalue weighted by Gasteiger charge is -2.42. The minimum absolute atomic E-state index is 0.512. The molecule has 0 saturated heterocycles. The van der Waals surface area contributed by atoms with Gasteiger partial charge in [-0.2, -0.15) is 0 Å². The van der Waals surface area contributed by atoms with Crippen molar-refractivity contribution in [1.82, 2.24) is 0 Å². The van der Waals surface area contributed by atoms with Crippen LogP contribution in [-0.4, -0.2) is 0 Å². The molecule has 11 rings (SSSR count). The van der Waals surface area contributed by atoms with Crippen molar-refractivity contribution in [2.75, 3.05) is 4.90 Å². The molecule has 0 fully saturated rings. The van der Waals surface area contributed by atoms with Crippen LogP contribution < -0.4 is 4.90 Å². The molecule has 9 aromatic rings. The highest BCUT2D eigenvalue weighted by atomic mass is 32.2. The van der Waals surface area contributed by atoms with E-state index in [0.29, 0.717) is 0 Å². The minimum atomic E-state index is -0.512. The Balaban J connectivity index is 1.22. The van der Waals surface area contributed by atoms with Crippen LogP contribution in [0, 0.1) is 0 Å². The number of hydrogen-bond donors (Lipinski definition) is 0. The smallest absolute Gasteiger partial charge is 0.0742 e. The first-order valence-corrected chi connectivity index (χ1v) is 19.8. The van der Waals surface area contributed by atoms with Gasteiger partial charge in [0.15, 0.2) is 0 Å². The highest BCUT2D eigenvalue weighted by Gasteiger charge is 2.51. The molecule has 1 aliphatic carbocycles. The zero-order valence-corrected chi connectivity index (χ0v) is 30.9. The predicted octanol–water partition coefficient (Wildman–Crippen LogP) is 14.5. The van der Waals surface area contributed by atoms with E-state index in [-0.39, 0.29) is 0 Å². The summed E-state index contributed by atoms with van der Waals surface area (Å²) in [6.45, 7) is 0. The Morgan fingerprint density at radius 2 is 0.909 bits per heavy atom. The summed E-state index contributed by atoms with van der Waals surface area (Å²) >= 11 is 1.91. The van der Waals surface area contributed by atoms with Crippen LogP contribution >= 0.6 is 11.8 Å². The van der Waals surface area contributed by atoms with Gasteiger partial charge in [-0.05, 0) is 91.2 Å². The van der Waals surface area contributed by atoms with Gasteiger partial charge in [-0.15, -0.1) is 0 Å². The zero-order valence-electron chi connectivity index (χ0n) is 30.1. The number of hydrogen-bond acceptors (Lipinski definition) is 2. The molecule has 55 heavy (non-hydrogen) atoms. The van der Waals surface area contributed by atoms with Crippen molar-refractivity contribution in [3.8, 4) is 33.4 Å². The van der Waals surface area contributed by atoms with Gasteiger partial charge in [-0.25, -0.2) is 0 Å². The number of para-hydroxylation sites is 1. The summed E-state index contributed by atoms with van der Waals surface area (Å²) < 4.78 is 0. The molecule has 1 aliphatic heterocycles. The summed E-state index contributed by atoms with van der Waals surface area (Å²) in [5.74, 6) is 0. The third kappa shape index (κ3) is 4.82. The van der Waals surface area contributed by atoms with E-state index >= 15 is 0 Å². The molecule has 9 aromatic carbocycles. The molecule has 0 saturated carbocycles. The summed E-state index contributed by atoms with van der Waals surface area (Å²) in [4.78, 5) is 5.06. The average molecular weight is 718 g/mol. The van der Waals surface area contributed by atoms with E-state index < -0.39 is 5.41 Å². The topological polar surface area (TPSA) is 3.24 Å². The molecule has 0 atom stereocenters. The number of anilines is 3. The van der Waals surface area contributed by atoms with Crippen LogP contribution in [0.3, 0.4) is 0 Å². The van der Waals surface area contributed by atoms with Crippen molar-refractivity contribution < 1.29 is 0 Å². The van der Waals surface area contributed by atoms with Crippen molar-refractivity contribution in [2.24, 2.45) is 0 Å². The van der Waals surface area contributed by atoms with Crippen molar-refractivity contribution in [1.29, 1.82) is 0 Å². The molecule has 1 heterocycles. The second kappa shape index (κ2) is 12.8. The second-order valence-electron chi connectivity index (χ2n) is 14.4. The summed E-state index contributed by atoms with van der Waals surface area (Å²) in [5, 5.41) is 2.57. The van der Waals surface area contributed by atoms with E-state index in [1.807, 2.05) is 11.8 Å². The maximum atomic E-state index is 2.50. The quantitative estimate of drug-likeness (QED) is 0.174. The third-order valence-corrected chi connectivity index (χ3v) is 12.7. The average Bonchev–Trinajstić information content (AvgIpc) is 3.55. The van der Waals surface area contributed by atoms with Crippen molar-refractivity contribution in [3.63, 3.8) is 0 Å². The number of nitrogens with zero attached hydrogens (tertiary/aromatic N) is 1. The predicted molar refractivity (Wildman–Crippen MR) is 231 cm³/mol. The van der Waals surface area contributed by atoms with E-state index in [1.165, 1.54) is 81.9 Å². The Kier molecular flexibility index (Phi) is 7.40. The Bertz CT molecular complexity index is 2850. The monoisotopic (exact) mass is 717 g/mol. The lowest BCUT2D eigenvalue weighted by molar-refractivity contribution is 0.730. The fourth-order valence-corrected chi connectivity index (χ4v) is 10.6. The zero-order chi connectivity index (χ0) is 36.3. The van der Waals surface area contributed by atoms with Crippen LogP contribution in [0.2, 0.25) is 0 Å². The van der Waals surface area contributed by atoms with Crippen molar-refractivity contribution >= 4 is 39.6 Å². The Hall–Kier alpha value is -6.61. The molecule has 0 unspecified atom stereocenters. The molecular weight excluding hydrogens is 683 g/mol. The molecule has 1 nitrogen and oxygen atoms in total. The first-order chi connectivity index (χ1) is 27.3. The Labute approximate surface area is 326 Å². The summed E-state index contributed by atoms with van der Waals surface area (Å²) in [7, 11) is 0. The minimum Gasteiger partial charge on any atom is -0.309 e. The fraction of sp³-hybridized carbons (Fsp3) is 0.0189. The first kappa shape index (κ1) is 31.9. The van der Waals surface area contributed by atoms with Crippen molar-refractivity contribution in [3.05, 3.63) is 235 Å². The van der Waals surface area contributed by atoms with Crippen LogP contribution in [0.5, 0.6) is 0 Å². The largest absolute Gasteiger partial charge is 0.309 e. The molecule has 0 aromatic heterocycles. The van der Waals surface area contributed by atoms with Crippen LogP contribution in [0.1, 0.15) is 22.3 Å². The maximum absolute atomic E-state index is 2.50. The summed E-state index contributed by atoms with van der Waals surface area (Å²) in [6.07, 6.45) is 0. The number of rotatable bonds is 5. The highest BCUT2D eigenvalue weighted by Crippen LogP contribution is 2.65. The Morgan fingerprint density at radius 3 is 1.64 bits per heavy atom. The third-order valence-electron chi connectivity index (χ3n) is 11.5. The second-order valence-corrected chi connectivity index (χ2v) is 15.4. The lowest BCUT2D eigenvalue weighted by Crippen LogP contribution is -2.33. The van der Waals surface area contributed by atoms with Gasteiger partial charge in [0.25, 0.3) is 0 Å².